The van der Waals surface area contributed by atoms with Crippen LogP contribution >= 0.6 is 22.9 Å². The SMILES string of the molecule is O=C(Cc1ccc(N2C(=O)Cc3cc4c(cc3C2=O)CCN4)c(F)c1)CS(=O)(=O)c1ccc(Cl)s1. The molecule has 0 aliphatic carbocycles. The molecule has 0 saturated heterocycles. The van der Waals surface area contributed by atoms with E-state index in [4.69, 9.17) is 11.6 Å². The van der Waals surface area contributed by atoms with Crippen molar-refractivity contribution in [3.63, 3.8) is 0 Å². The van der Waals surface area contributed by atoms with Gasteiger partial charge in [0.2, 0.25) is 5.91 Å². The van der Waals surface area contributed by atoms with Crippen molar-refractivity contribution in [2.45, 2.75) is 23.5 Å². The van der Waals surface area contributed by atoms with E-state index in [0.29, 0.717) is 15.5 Å². The molecule has 0 spiro atoms. The minimum Gasteiger partial charge on any atom is -0.384 e. The van der Waals surface area contributed by atoms with E-state index in [1.54, 1.807) is 12.1 Å². The number of carbonyl (C=O) groups excluding carboxylic acids is 3. The van der Waals surface area contributed by atoms with Crippen LogP contribution in [0, 0.1) is 5.82 Å². The van der Waals surface area contributed by atoms with E-state index in [9.17, 15) is 22.8 Å². The van der Waals surface area contributed by atoms with E-state index < -0.39 is 39.0 Å². The molecule has 2 aliphatic heterocycles. The average Bonchev–Trinajstić information content (AvgIpc) is 3.42. The molecule has 0 fully saturated rings. The Hall–Kier alpha value is -3.08. The third kappa shape index (κ3) is 4.49. The van der Waals surface area contributed by atoms with Gasteiger partial charge in [-0.25, -0.2) is 17.7 Å². The van der Waals surface area contributed by atoms with Crippen molar-refractivity contribution in [3.8, 4) is 0 Å². The third-order valence-corrected chi connectivity index (χ3v) is 9.41. The van der Waals surface area contributed by atoms with Crippen molar-refractivity contribution < 1.29 is 27.2 Å². The highest BCUT2D eigenvalue weighted by molar-refractivity contribution is 7.94. The van der Waals surface area contributed by atoms with E-state index in [-0.39, 0.29) is 28.3 Å². The first kappa shape index (κ1) is 23.7. The molecule has 1 N–H and O–H groups in total. The topological polar surface area (TPSA) is 101 Å². The summed E-state index contributed by atoms with van der Waals surface area (Å²) in [7, 11) is -3.85. The molecule has 0 atom stereocenters. The third-order valence-electron chi connectivity index (χ3n) is 5.92. The quantitative estimate of drug-likeness (QED) is 0.484. The summed E-state index contributed by atoms with van der Waals surface area (Å²) in [4.78, 5) is 39.1. The van der Waals surface area contributed by atoms with Gasteiger partial charge >= 0.3 is 0 Å². The lowest BCUT2D eigenvalue weighted by atomic mass is 9.94. The first-order valence-electron chi connectivity index (χ1n) is 10.7. The molecule has 3 aromatic rings. The van der Waals surface area contributed by atoms with Crippen LogP contribution in [-0.4, -0.2) is 38.3 Å². The number of thiophene rings is 1. The monoisotopic (exact) mass is 532 g/mol. The molecule has 0 unspecified atom stereocenters. The lowest BCUT2D eigenvalue weighted by molar-refractivity contribution is -0.118. The highest BCUT2D eigenvalue weighted by atomic mass is 35.5. The van der Waals surface area contributed by atoms with Gasteiger partial charge in [-0.2, -0.15) is 0 Å². The second kappa shape index (κ2) is 8.85. The number of sulfone groups is 1. The Bertz CT molecular complexity index is 1520. The zero-order valence-corrected chi connectivity index (χ0v) is 20.5. The minimum absolute atomic E-state index is 0.0128. The van der Waals surface area contributed by atoms with Crippen LogP contribution in [0.4, 0.5) is 15.8 Å². The first-order valence-corrected chi connectivity index (χ1v) is 13.5. The van der Waals surface area contributed by atoms with Crippen LogP contribution in [-0.2, 0) is 38.7 Å². The molecule has 2 aliphatic rings. The van der Waals surface area contributed by atoms with Gasteiger partial charge in [0.1, 0.15) is 15.8 Å². The smallest absolute Gasteiger partial charge is 0.265 e. The van der Waals surface area contributed by atoms with Crippen molar-refractivity contribution in [3.05, 3.63) is 74.9 Å². The Morgan fingerprint density at radius 1 is 1.11 bits per heavy atom. The Labute approximate surface area is 209 Å². The van der Waals surface area contributed by atoms with Gasteiger partial charge in [0.25, 0.3) is 5.91 Å². The van der Waals surface area contributed by atoms with Gasteiger partial charge in [0, 0.05) is 24.2 Å². The number of Topliss-reactive ketones (excluding diaryl/α,β-unsaturated/α-hetero) is 1. The van der Waals surface area contributed by atoms with Crippen LogP contribution in [0.2, 0.25) is 4.34 Å². The molecule has 35 heavy (non-hydrogen) atoms. The van der Waals surface area contributed by atoms with E-state index in [1.807, 2.05) is 0 Å². The molecule has 0 saturated carbocycles. The maximum absolute atomic E-state index is 15.0. The number of amides is 2. The number of nitrogens with one attached hydrogen (secondary N) is 1. The predicted molar refractivity (Wildman–Crippen MR) is 131 cm³/mol. The zero-order chi connectivity index (χ0) is 24.9. The number of hydrogen-bond donors (Lipinski definition) is 1. The fraction of sp³-hybridized carbons (Fsp3) is 0.208. The van der Waals surface area contributed by atoms with Gasteiger partial charge < -0.3 is 5.32 Å². The summed E-state index contributed by atoms with van der Waals surface area (Å²) >= 11 is 6.63. The molecule has 1 aromatic heterocycles. The van der Waals surface area contributed by atoms with Crippen LogP contribution < -0.4 is 10.2 Å². The molecule has 2 amide bonds. The summed E-state index contributed by atoms with van der Waals surface area (Å²) in [5.74, 6) is -3.37. The lowest BCUT2D eigenvalue weighted by Crippen LogP contribution is -2.43. The molecule has 5 rings (SSSR count). The van der Waals surface area contributed by atoms with Gasteiger partial charge in [-0.3, -0.25) is 14.4 Å². The van der Waals surface area contributed by atoms with Crippen molar-refractivity contribution in [1.82, 2.24) is 0 Å². The molecule has 2 aromatic carbocycles. The number of anilines is 2. The standard InChI is InChI=1S/C24H18ClFN2O5S2/c25-21-3-4-23(34-21)35(32,33)12-16(29)7-13-1-2-20(18(26)8-13)28-22(30)11-15-10-19-14(5-6-27-19)9-17(15)24(28)31/h1-4,8-10,27H,5-7,11-12H2. The molecular weight excluding hydrogens is 515 g/mol. The normalized spacial score (nSPS) is 15.1. The van der Waals surface area contributed by atoms with Gasteiger partial charge in [0.15, 0.2) is 15.6 Å². The molecule has 180 valence electrons. The lowest BCUT2D eigenvalue weighted by Gasteiger charge is -2.28. The Morgan fingerprint density at radius 2 is 1.91 bits per heavy atom. The number of rotatable bonds is 6. The molecule has 7 nitrogen and oxygen atoms in total. The Morgan fingerprint density at radius 3 is 2.63 bits per heavy atom. The zero-order valence-electron chi connectivity index (χ0n) is 18.1. The number of fused-ring (bicyclic) bond motifs is 2. The largest absolute Gasteiger partial charge is 0.384 e. The number of hydrogen-bond acceptors (Lipinski definition) is 7. The van der Waals surface area contributed by atoms with Crippen LogP contribution in [0.3, 0.4) is 0 Å². The summed E-state index contributed by atoms with van der Waals surface area (Å²) in [6.45, 7) is 0.751. The molecule has 0 bridgehead atoms. The van der Waals surface area contributed by atoms with Crippen LogP contribution in [0.5, 0.6) is 0 Å². The maximum Gasteiger partial charge on any atom is 0.265 e. The number of imide groups is 1. The van der Waals surface area contributed by atoms with Crippen molar-refractivity contribution in [2.75, 3.05) is 22.5 Å². The van der Waals surface area contributed by atoms with Crippen LogP contribution in [0.15, 0.2) is 46.7 Å². The first-order chi connectivity index (χ1) is 16.6. The maximum atomic E-state index is 15.0. The second-order valence-corrected chi connectivity index (χ2v) is 12.3. The number of ketones is 1. The van der Waals surface area contributed by atoms with Gasteiger partial charge in [-0.15, -0.1) is 11.3 Å². The summed E-state index contributed by atoms with van der Waals surface area (Å²) in [5, 5.41) is 3.21. The van der Waals surface area contributed by atoms with Crippen LogP contribution in [0.25, 0.3) is 0 Å². The fourth-order valence-electron chi connectivity index (χ4n) is 4.33. The second-order valence-electron chi connectivity index (χ2n) is 8.37. The van der Waals surface area contributed by atoms with Crippen LogP contribution in [0.1, 0.15) is 27.0 Å². The van der Waals surface area contributed by atoms with Gasteiger partial charge in [-0.05, 0) is 59.5 Å². The highest BCUT2D eigenvalue weighted by Crippen LogP contribution is 2.33. The number of carbonyl (C=O) groups is 3. The van der Waals surface area contributed by atoms with Crippen molar-refractivity contribution in [2.24, 2.45) is 0 Å². The summed E-state index contributed by atoms with van der Waals surface area (Å²) < 4.78 is 40.1. The molecule has 0 radical (unpaired) electrons. The van der Waals surface area contributed by atoms with Gasteiger partial charge in [-0.1, -0.05) is 17.7 Å². The average molecular weight is 533 g/mol. The Kier molecular flexibility index (Phi) is 5.98. The molecule has 11 heteroatoms. The van der Waals surface area contributed by atoms with E-state index in [2.05, 4.69) is 5.32 Å². The summed E-state index contributed by atoms with van der Waals surface area (Å²) in [5.41, 5.74) is 2.87. The highest BCUT2D eigenvalue weighted by Gasteiger charge is 2.35. The number of halogens is 2. The summed E-state index contributed by atoms with van der Waals surface area (Å²) in [6, 6.07) is 10.0. The Balaban J connectivity index is 1.35. The number of nitrogens with zero attached hydrogens (tertiary/aromatic N) is 1. The van der Waals surface area contributed by atoms with E-state index in [1.165, 1.54) is 24.3 Å². The van der Waals surface area contributed by atoms with E-state index >= 15 is 4.39 Å². The summed E-state index contributed by atoms with van der Waals surface area (Å²) in [6.07, 6.45) is 0.399. The molecular formula is C24H18ClFN2O5S2. The van der Waals surface area contributed by atoms with Crippen molar-refractivity contribution in [1.29, 1.82) is 0 Å². The number of benzene rings is 2. The molecule has 3 heterocycles. The predicted octanol–water partition coefficient (Wildman–Crippen LogP) is 3.82. The van der Waals surface area contributed by atoms with E-state index in [0.717, 1.165) is 46.5 Å². The van der Waals surface area contributed by atoms with Crippen molar-refractivity contribution >= 4 is 61.7 Å². The fourth-order valence-corrected chi connectivity index (χ4v) is 7.14. The minimum atomic E-state index is -3.85. The van der Waals surface area contributed by atoms with Gasteiger partial charge in [0.05, 0.1) is 16.4 Å².